The average Bonchev–Trinajstić information content (AvgIpc) is 3.38. The summed E-state index contributed by atoms with van der Waals surface area (Å²) in [6.45, 7) is 5.68. The number of nitrogens with one attached hydrogen (secondary N) is 3. The van der Waals surface area contributed by atoms with Crippen LogP contribution in [0.3, 0.4) is 0 Å². The molecule has 1 aromatic rings. The fourth-order valence-corrected chi connectivity index (χ4v) is 2.65. The Labute approximate surface area is 143 Å². The van der Waals surface area contributed by atoms with Crippen molar-refractivity contribution < 1.29 is 4.74 Å². The number of hydrogen-bond donors (Lipinski definition) is 4. The maximum Gasteiger partial charge on any atom is 0.120 e. The Hall–Kier alpha value is -2.43. The molecule has 0 bridgehead atoms. The molecule has 5 heteroatoms. The molecule has 2 aliphatic rings. The topological polar surface area (TPSA) is 83.2 Å². The Balaban J connectivity index is 1.76. The highest BCUT2D eigenvalue weighted by molar-refractivity contribution is 6.15. The predicted octanol–water partition coefficient (Wildman–Crippen LogP) is 2.79. The van der Waals surface area contributed by atoms with Crippen molar-refractivity contribution in [3.05, 3.63) is 47.3 Å². The zero-order chi connectivity index (χ0) is 17.1. The van der Waals surface area contributed by atoms with Crippen LogP contribution >= 0.6 is 0 Å². The second-order valence-electron chi connectivity index (χ2n) is 6.71. The molecular weight excluding hydrogens is 300 g/mol. The number of benzene rings is 1. The third-order valence-corrected chi connectivity index (χ3v) is 4.15. The number of rotatable bonds is 7. The van der Waals surface area contributed by atoms with Gasteiger partial charge in [-0.3, -0.25) is 5.41 Å². The van der Waals surface area contributed by atoms with Gasteiger partial charge in [-0.15, -0.1) is 0 Å². The van der Waals surface area contributed by atoms with Gasteiger partial charge in [0.1, 0.15) is 5.75 Å². The van der Waals surface area contributed by atoms with Crippen LogP contribution in [0.2, 0.25) is 0 Å². The fraction of sp³-hybridized carbons (Fsp3) is 0.421. The maximum atomic E-state index is 8.56. The minimum Gasteiger partial charge on any atom is -0.491 e. The Morgan fingerprint density at radius 2 is 2.21 bits per heavy atom. The first kappa shape index (κ1) is 16.4. The molecule has 1 aromatic carbocycles. The first-order valence-corrected chi connectivity index (χ1v) is 8.58. The lowest BCUT2D eigenvalue weighted by Gasteiger charge is -2.19. The van der Waals surface area contributed by atoms with Crippen molar-refractivity contribution >= 4 is 11.4 Å². The van der Waals surface area contributed by atoms with E-state index < -0.39 is 0 Å². The molecule has 128 valence electrons. The minimum atomic E-state index is 0.0897. The lowest BCUT2D eigenvalue weighted by atomic mass is 9.98. The monoisotopic (exact) mass is 326 g/mol. The van der Waals surface area contributed by atoms with Crippen molar-refractivity contribution in [3.63, 3.8) is 0 Å². The van der Waals surface area contributed by atoms with Crippen LogP contribution in [0, 0.1) is 11.3 Å². The van der Waals surface area contributed by atoms with Gasteiger partial charge in [-0.1, -0.05) is 6.08 Å². The van der Waals surface area contributed by atoms with Gasteiger partial charge >= 0.3 is 0 Å². The summed E-state index contributed by atoms with van der Waals surface area (Å²) in [5.41, 5.74) is 8.70. The molecule has 0 saturated heterocycles. The van der Waals surface area contributed by atoms with Gasteiger partial charge in [-0.25, -0.2) is 0 Å². The molecule has 1 aliphatic carbocycles. The van der Waals surface area contributed by atoms with Gasteiger partial charge in [0.2, 0.25) is 0 Å². The van der Waals surface area contributed by atoms with E-state index in [4.69, 9.17) is 15.9 Å². The van der Waals surface area contributed by atoms with E-state index in [2.05, 4.69) is 10.6 Å². The maximum absolute atomic E-state index is 8.56. The lowest BCUT2D eigenvalue weighted by Crippen LogP contribution is -2.31. The predicted molar refractivity (Wildman–Crippen MR) is 98.3 cm³/mol. The van der Waals surface area contributed by atoms with E-state index in [1.807, 2.05) is 38.1 Å². The van der Waals surface area contributed by atoms with Crippen LogP contribution in [0.1, 0.15) is 32.3 Å². The van der Waals surface area contributed by atoms with Crippen LogP contribution in [-0.2, 0) is 0 Å². The number of nitrogen functional groups attached to an aromatic ring is 1. The molecule has 0 atom stereocenters. The molecule has 0 aromatic heterocycles. The van der Waals surface area contributed by atoms with Crippen LogP contribution < -0.4 is 21.1 Å². The Morgan fingerprint density at radius 1 is 1.42 bits per heavy atom. The number of nitrogens with two attached hydrogens (primary N) is 1. The lowest BCUT2D eigenvalue weighted by molar-refractivity contribution is 0.242. The molecule has 0 amide bonds. The Bertz CT molecular complexity index is 687. The fourth-order valence-electron chi connectivity index (χ4n) is 2.65. The molecule has 5 N–H and O–H groups in total. The van der Waals surface area contributed by atoms with Crippen LogP contribution in [-0.4, -0.2) is 24.9 Å². The van der Waals surface area contributed by atoms with Gasteiger partial charge < -0.3 is 21.1 Å². The Morgan fingerprint density at radius 3 is 2.92 bits per heavy atom. The van der Waals surface area contributed by atoms with Crippen LogP contribution in [0.15, 0.2) is 41.7 Å². The highest BCUT2D eigenvalue weighted by atomic mass is 16.5. The number of anilines is 1. The smallest absolute Gasteiger partial charge is 0.120 e. The van der Waals surface area contributed by atoms with E-state index in [1.54, 1.807) is 6.07 Å². The Kier molecular flexibility index (Phi) is 4.79. The summed E-state index contributed by atoms with van der Waals surface area (Å²) in [5, 5.41) is 15.3. The first-order chi connectivity index (χ1) is 11.5. The number of ether oxygens (including phenoxy) is 1. The normalized spacial score (nSPS) is 17.0. The second-order valence-corrected chi connectivity index (χ2v) is 6.71. The molecule has 0 spiro atoms. The third-order valence-electron chi connectivity index (χ3n) is 4.15. The quantitative estimate of drug-likeness (QED) is 0.459. The number of allylic oxidation sites excluding steroid dienone is 2. The summed E-state index contributed by atoms with van der Waals surface area (Å²) in [7, 11) is 0. The van der Waals surface area contributed by atoms with Crippen LogP contribution in [0.25, 0.3) is 0 Å². The summed E-state index contributed by atoms with van der Waals surface area (Å²) < 4.78 is 5.73. The highest BCUT2D eigenvalue weighted by Gasteiger charge is 2.21. The zero-order valence-corrected chi connectivity index (χ0v) is 14.4. The standard InChI is InChI=1S/C19H26N4O/c1-12(2)24-15-5-6-17(20)16(10-15)19(21)14-7-8-22-18(9-14)23-11-13-3-4-13/h5-7,9-10,12-13,21-23H,3-4,8,11,20H2,1-2H3. The summed E-state index contributed by atoms with van der Waals surface area (Å²) in [6, 6.07) is 5.51. The van der Waals surface area contributed by atoms with Gasteiger partial charge in [0.15, 0.2) is 0 Å². The van der Waals surface area contributed by atoms with Gasteiger partial charge in [0, 0.05) is 29.9 Å². The first-order valence-electron chi connectivity index (χ1n) is 8.58. The molecule has 3 rings (SSSR count). The molecule has 0 radical (unpaired) electrons. The number of hydrogen-bond acceptors (Lipinski definition) is 5. The van der Waals surface area contributed by atoms with Gasteiger partial charge in [0.25, 0.3) is 0 Å². The average molecular weight is 326 g/mol. The summed E-state index contributed by atoms with van der Waals surface area (Å²) in [4.78, 5) is 0. The van der Waals surface area contributed by atoms with E-state index in [0.29, 0.717) is 23.5 Å². The van der Waals surface area contributed by atoms with Crippen molar-refractivity contribution in [1.29, 1.82) is 5.41 Å². The highest BCUT2D eigenvalue weighted by Crippen LogP contribution is 2.28. The molecule has 0 unspecified atom stereocenters. The third kappa shape index (κ3) is 4.10. The van der Waals surface area contributed by atoms with Gasteiger partial charge in [0.05, 0.1) is 17.6 Å². The molecule has 1 saturated carbocycles. The molecule has 24 heavy (non-hydrogen) atoms. The second kappa shape index (κ2) is 6.99. The van der Waals surface area contributed by atoms with E-state index in [1.165, 1.54) is 12.8 Å². The van der Waals surface area contributed by atoms with E-state index in [9.17, 15) is 0 Å². The molecule has 1 aliphatic heterocycles. The van der Waals surface area contributed by atoms with Crippen molar-refractivity contribution in [2.24, 2.45) is 5.92 Å². The van der Waals surface area contributed by atoms with Crippen LogP contribution in [0.5, 0.6) is 5.75 Å². The molecule has 5 nitrogen and oxygen atoms in total. The minimum absolute atomic E-state index is 0.0897. The SMILES string of the molecule is CC(C)Oc1ccc(N)c(C(=N)C2=CCNC(NCC3CC3)=C2)c1. The number of dihydropyridines is 1. The zero-order valence-electron chi connectivity index (χ0n) is 14.4. The molecule has 1 heterocycles. The molecular formula is C19H26N4O. The van der Waals surface area contributed by atoms with Crippen molar-refractivity contribution in [2.45, 2.75) is 32.8 Å². The van der Waals surface area contributed by atoms with Gasteiger partial charge in [-0.05, 0) is 56.9 Å². The van der Waals surface area contributed by atoms with E-state index >= 15 is 0 Å². The van der Waals surface area contributed by atoms with Crippen molar-refractivity contribution in [3.8, 4) is 5.75 Å². The molecule has 1 fully saturated rings. The van der Waals surface area contributed by atoms with E-state index in [-0.39, 0.29) is 6.10 Å². The van der Waals surface area contributed by atoms with Crippen molar-refractivity contribution in [1.82, 2.24) is 10.6 Å². The van der Waals surface area contributed by atoms with E-state index in [0.717, 1.165) is 29.6 Å². The summed E-state index contributed by atoms with van der Waals surface area (Å²) >= 11 is 0. The summed E-state index contributed by atoms with van der Waals surface area (Å²) in [6.07, 6.45) is 6.73. The van der Waals surface area contributed by atoms with Crippen molar-refractivity contribution in [2.75, 3.05) is 18.8 Å². The van der Waals surface area contributed by atoms with Crippen LogP contribution in [0.4, 0.5) is 5.69 Å². The largest absolute Gasteiger partial charge is 0.491 e. The summed E-state index contributed by atoms with van der Waals surface area (Å²) in [5.74, 6) is 2.53. The van der Waals surface area contributed by atoms with Gasteiger partial charge in [-0.2, -0.15) is 0 Å².